The highest BCUT2D eigenvalue weighted by atomic mass is 16.5. The Kier molecular flexibility index (Phi) is 4.75. The van der Waals surface area contributed by atoms with Crippen molar-refractivity contribution in [2.24, 2.45) is 7.05 Å². The van der Waals surface area contributed by atoms with Crippen LogP contribution in [0.15, 0.2) is 18.2 Å². The summed E-state index contributed by atoms with van der Waals surface area (Å²) in [6, 6.07) is 5.49. The van der Waals surface area contributed by atoms with E-state index in [4.69, 9.17) is 4.74 Å². The molecule has 0 aliphatic carbocycles. The largest absolute Gasteiger partial charge is 0.508 e. The van der Waals surface area contributed by atoms with Crippen LogP contribution in [0.25, 0.3) is 10.9 Å². The fourth-order valence-electron chi connectivity index (χ4n) is 3.69. The van der Waals surface area contributed by atoms with Crippen LogP contribution in [0.5, 0.6) is 5.75 Å². The van der Waals surface area contributed by atoms with E-state index in [0.717, 1.165) is 29.7 Å². The Bertz CT molecular complexity index is 797. The van der Waals surface area contributed by atoms with Crippen LogP contribution in [0.2, 0.25) is 0 Å². The standard InChI is InChI=1S/C19H27N3O3/c1-11(2)22-9-15(17(10-22)25-5)20-19(24)18-12(3)21(4)16-7-6-13(23)8-14(16)18/h6-8,11,15,17,23H,9-10H2,1-5H3,(H,20,24)/t15-,17-/m1/s1. The van der Waals surface area contributed by atoms with Crippen LogP contribution in [0, 0.1) is 6.92 Å². The van der Waals surface area contributed by atoms with Gasteiger partial charge in [-0.05, 0) is 39.0 Å². The molecule has 6 heteroatoms. The molecule has 6 nitrogen and oxygen atoms in total. The average molecular weight is 345 g/mol. The molecule has 0 spiro atoms. The maximum atomic E-state index is 13.0. The fraction of sp³-hybridized carbons (Fsp3) is 0.526. The topological polar surface area (TPSA) is 66.7 Å². The maximum Gasteiger partial charge on any atom is 0.254 e. The van der Waals surface area contributed by atoms with Crippen molar-refractivity contribution in [2.45, 2.75) is 39.0 Å². The van der Waals surface area contributed by atoms with Gasteiger partial charge in [-0.2, -0.15) is 0 Å². The summed E-state index contributed by atoms with van der Waals surface area (Å²) in [6.45, 7) is 7.81. The Morgan fingerprint density at radius 3 is 2.72 bits per heavy atom. The number of likely N-dealkylation sites (tertiary alicyclic amines) is 1. The molecule has 1 aromatic carbocycles. The van der Waals surface area contributed by atoms with Gasteiger partial charge in [-0.25, -0.2) is 0 Å². The maximum absolute atomic E-state index is 13.0. The Morgan fingerprint density at radius 1 is 1.36 bits per heavy atom. The van der Waals surface area contributed by atoms with Crippen molar-refractivity contribution in [1.82, 2.24) is 14.8 Å². The second-order valence-electron chi connectivity index (χ2n) is 7.12. The minimum Gasteiger partial charge on any atom is -0.508 e. The molecule has 1 fully saturated rings. The van der Waals surface area contributed by atoms with Gasteiger partial charge in [-0.1, -0.05) is 0 Å². The molecule has 1 saturated heterocycles. The zero-order chi connectivity index (χ0) is 18.3. The van der Waals surface area contributed by atoms with Crippen LogP contribution in [-0.2, 0) is 11.8 Å². The Balaban J connectivity index is 1.90. The molecule has 1 aliphatic rings. The number of phenols is 1. The van der Waals surface area contributed by atoms with E-state index in [9.17, 15) is 9.90 Å². The summed E-state index contributed by atoms with van der Waals surface area (Å²) in [5.74, 6) is 0.0418. The van der Waals surface area contributed by atoms with Gasteiger partial charge in [0, 0.05) is 49.9 Å². The number of hydrogen-bond acceptors (Lipinski definition) is 4. The number of phenolic OH excluding ortho intramolecular Hbond substituents is 1. The molecule has 2 heterocycles. The molecule has 2 N–H and O–H groups in total. The number of methoxy groups -OCH3 is 1. The summed E-state index contributed by atoms with van der Waals surface area (Å²) in [4.78, 5) is 15.3. The Labute approximate surface area is 148 Å². The van der Waals surface area contributed by atoms with E-state index >= 15 is 0 Å². The van der Waals surface area contributed by atoms with Gasteiger partial charge in [0.05, 0.1) is 17.7 Å². The third-order valence-electron chi connectivity index (χ3n) is 5.35. The monoisotopic (exact) mass is 345 g/mol. The van der Waals surface area contributed by atoms with Crippen LogP contribution in [-0.4, -0.2) is 58.9 Å². The van der Waals surface area contributed by atoms with Crippen LogP contribution in [0.4, 0.5) is 0 Å². The lowest BCUT2D eigenvalue weighted by molar-refractivity contribution is 0.0753. The number of amides is 1. The predicted molar refractivity (Wildman–Crippen MR) is 98.1 cm³/mol. The van der Waals surface area contributed by atoms with E-state index in [1.54, 1.807) is 19.2 Å². The number of hydrogen-bond donors (Lipinski definition) is 2. The average Bonchev–Trinajstić information content (AvgIpc) is 3.07. The first-order valence-corrected chi connectivity index (χ1v) is 8.69. The summed E-state index contributed by atoms with van der Waals surface area (Å²) in [5.41, 5.74) is 2.43. The number of ether oxygens (including phenoxy) is 1. The molecule has 1 amide bonds. The normalized spacial score (nSPS) is 21.4. The SMILES string of the molecule is CO[C@@H]1CN(C(C)C)C[C@H]1NC(=O)c1c(C)n(C)c2ccc(O)cc12. The van der Waals surface area contributed by atoms with Gasteiger partial charge < -0.3 is 19.7 Å². The molecule has 0 unspecified atom stereocenters. The second-order valence-corrected chi connectivity index (χ2v) is 7.12. The van der Waals surface area contributed by atoms with Crippen LogP contribution in [0.1, 0.15) is 29.9 Å². The predicted octanol–water partition coefficient (Wildman–Crippen LogP) is 2.03. The molecule has 0 bridgehead atoms. The number of rotatable bonds is 4. The van der Waals surface area contributed by atoms with Crippen molar-refractivity contribution in [2.75, 3.05) is 20.2 Å². The molecule has 136 valence electrons. The molecule has 1 aliphatic heterocycles. The summed E-state index contributed by atoms with van der Waals surface area (Å²) in [7, 11) is 3.62. The number of aromatic nitrogens is 1. The number of carbonyl (C=O) groups excluding carboxylic acids is 1. The first kappa shape index (κ1) is 17.8. The van der Waals surface area contributed by atoms with E-state index in [0.29, 0.717) is 11.6 Å². The molecule has 2 atom stereocenters. The first-order chi connectivity index (χ1) is 11.8. The van der Waals surface area contributed by atoms with Crippen molar-refractivity contribution in [3.63, 3.8) is 0 Å². The molecule has 3 rings (SSSR count). The van der Waals surface area contributed by atoms with Crippen LogP contribution >= 0.6 is 0 Å². The molecule has 0 saturated carbocycles. The number of benzene rings is 1. The van der Waals surface area contributed by atoms with E-state index in [1.165, 1.54) is 0 Å². The third kappa shape index (κ3) is 3.12. The molecule has 25 heavy (non-hydrogen) atoms. The number of nitrogens with zero attached hydrogens (tertiary/aromatic N) is 2. The molecular formula is C19H27N3O3. The summed E-state index contributed by atoms with van der Waals surface area (Å²) in [5, 5.41) is 13.7. The van der Waals surface area contributed by atoms with E-state index < -0.39 is 0 Å². The van der Waals surface area contributed by atoms with Gasteiger partial charge in [0.15, 0.2) is 0 Å². The van der Waals surface area contributed by atoms with Gasteiger partial charge in [-0.15, -0.1) is 0 Å². The van der Waals surface area contributed by atoms with Crippen molar-refractivity contribution in [3.8, 4) is 5.75 Å². The highest BCUT2D eigenvalue weighted by Crippen LogP contribution is 2.28. The zero-order valence-corrected chi connectivity index (χ0v) is 15.5. The van der Waals surface area contributed by atoms with Crippen LogP contribution in [0.3, 0.4) is 0 Å². The number of aromatic hydroxyl groups is 1. The summed E-state index contributed by atoms with van der Waals surface area (Å²) in [6.07, 6.45) is -0.0185. The van der Waals surface area contributed by atoms with Crippen molar-refractivity contribution in [3.05, 3.63) is 29.5 Å². The smallest absolute Gasteiger partial charge is 0.254 e. The number of nitrogens with one attached hydrogen (secondary N) is 1. The van der Waals surface area contributed by atoms with Crippen LogP contribution < -0.4 is 5.32 Å². The van der Waals surface area contributed by atoms with E-state index in [-0.39, 0.29) is 23.8 Å². The molecule has 0 radical (unpaired) electrons. The lowest BCUT2D eigenvalue weighted by Gasteiger charge is -2.20. The highest BCUT2D eigenvalue weighted by Gasteiger charge is 2.35. The summed E-state index contributed by atoms with van der Waals surface area (Å²) >= 11 is 0. The lowest BCUT2D eigenvalue weighted by Crippen LogP contribution is -2.44. The third-order valence-corrected chi connectivity index (χ3v) is 5.35. The molecule has 2 aromatic rings. The second kappa shape index (κ2) is 6.69. The van der Waals surface area contributed by atoms with Gasteiger partial charge in [0.2, 0.25) is 0 Å². The quantitative estimate of drug-likeness (QED) is 0.890. The van der Waals surface area contributed by atoms with Gasteiger partial charge in [0.25, 0.3) is 5.91 Å². The summed E-state index contributed by atoms with van der Waals surface area (Å²) < 4.78 is 7.56. The number of aryl methyl sites for hydroxylation is 1. The van der Waals surface area contributed by atoms with Gasteiger partial charge in [0.1, 0.15) is 5.75 Å². The minimum absolute atomic E-state index is 0.0185. The molecule has 1 aromatic heterocycles. The Morgan fingerprint density at radius 2 is 2.08 bits per heavy atom. The fourth-order valence-corrected chi connectivity index (χ4v) is 3.69. The number of carbonyl (C=O) groups is 1. The molecular weight excluding hydrogens is 318 g/mol. The lowest BCUT2D eigenvalue weighted by atomic mass is 10.1. The zero-order valence-electron chi connectivity index (χ0n) is 15.5. The van der Waals surface area contributed by atoms with Crippen molar-refractivity contribution in [1.29, 1.82) is 0 Å². The minimum atomic E-state index is -0.119. The van der Waals surface area contributed by atoms with E-state index in [1.807, 2.05) is 24.6 Å². The van der Waals surface area contributed by atoms with Gasteiger partial charge >= 0.3 is 0 Å². The Hall–Kier alpha value is -2.05. The van der Waals surface area contributed by atoms with Crippen molar-refractivity contribution < 1.29 is 14.6 Å². The van der Waals surface area contributed by atoms with E-state index in [2.05, 4.69) is 24.1 Å². The van der Waals surface area contributed by atoms with Gasteiger partial charge in [-0.3, -0.25) is 9.69 Å². The highest BCUT2D eigenvalue weighted by molar-refractivity contribution is 6.08. The number of fused-ring (bicyclic) bond motifs is 1. The first-order valence-electron chi connectivity index (χ1n) is 8.69. The van der Waals surface area contributed by atoms with Crippen molar-refractivity contribution >= 4 is 16.8 Å².